The van der Waals surface area contributed by atoms with Crippen molar-refractivity contribution in [2.75, 3.05) is 0 Å². The first kappa shape index (κ1) is 12.9. The summed E-state index contributed by atoms with van der Waals surface area (Å²) in [6.45, 7) is 10.7. The van der Waals surface area contributed by atoms with Gasteiger partial charge in [-0.1, -0.05) is 18.2 Å². The minimum atomic E-state index is 0.00819. The molecule has 2 heteroatoms. The highest BCUT2D eigenvalue weighted by Gasteiger charge is 2.29. The van der Waals surface area contributed by atoms with Crippen LogP contribution in [0.5, 0.6) is 5.88 Å². The van der Waals surface area contributed by atoms with E-state index in [9.17, 15) is 0 Å². The summed E-state index contributed by atoms with van der Waals surface area (Å²) in [5, 5.41) is 2.39. The number of benzene rings is 1. The molecule has 2 aromatic rings. The summed E-state index contributed by atoms with van der Waals surface area (Å²) < 4.78 is 8.25. The second-order valence-electron chi connectivity index (χ2n) is 5.92. The van der Waals surface area contributed by atoms with Gasteiger partial charge in [-0.3, -0.25) is 0 Å². The predicted octanol–water partition coefficient (Wildman–Crippen LogP) is 3.67. The zero-order valence-corrected chi connectivity index (χ0v) is 11.9. The van der Waals surface area contributed by atoms with Gasteiger partial charge in [-0.15, -0.1) is 0 Å². The van der Waals surface area contributed by atoms with Crippen LogP contribution in [0, 0.1) is 0 Å². The Labute approximate surface area is 109 Å². The largest absolute Gasteiger partial charge is 0.441 e. The Balaban J connectivity index is 2.71. The summed E-state index contributed by atoms with van der Waals surface area (Å²) in [5.74, 6) is 0.954. The molecule has 0 unspecified atom stereocenters. The number of pyridine rings is 1. The predicted molar refractivity (Wildman–Crippen MR) is 74.9 cm³/mol. The molecule has 1 aromatic heterocycles. The number of rotatable bonds is 2. The van der Waals surface area contributed by atoms with E-state index in [-0.39, 0.29) is 11.6 Å². The van der Waals surface area contributed by atoms with Crippen molar-refractivity contribution in [3.63, 3.8) is 0 Å². The molecule has 0 spiro atoms. The Kier molecular flexibility index (Phi) is 3.29. The van der Waals surface area contributed by atoms with Crippen LogP contribution in [0.25, 0.3) is 10.8 Å². The Morgan fingerprint density at radius 3 is 2.33 bits per heavy atom. The molecule has 0 atom stereocenters. The van der Waals surface area contributed by atoms with Crippen molar-refractivity contribution >= 4 is 10.8 Å². The van der Waals surface area contributed by atoms with E-state index in [1.807, 2.05) is 0 Å². The van der Waals surface area contributed by atoms with Crippen molar-refractivity contribution < 1.29 is 9.30 Å². The van der Waals surface area contributed by atoms with Gasteiger partial charge >= 0.3 is 5.88 Å². The highest BCUT2D eigenvalue weighted by atomic mass is 16.5. The molecule has 0 aliphatic carbocycles. The second kappa shape index (κ2) is 4.60. The first-order chi connectivity index (χ1) is 8.39. The molecule has 0 N–H and O–H groups in total. The van der Waals surface area contributed by atoms with E-state index in [1.54, 1.807) is 0 Å². The van der Waals surface area contributed by atoms with Gasteiger partial charge in [-0.05, 0) is 25.3 Å². The van der Waals surface area contributed by atoms with Crippen molar-refractivity contribution in [1.82, 2.24) is 0 Å². The Morgan fingerprint density at radius 2 is 1.72 bits per heavy atom. The minimum Gasteiger partial charge on any atom is -0.441 e. The Morgan fingerprint density at radius 1 is 1.06 bits per heavy atom. The molecule has 0 saturated carbocycles. The standard InChI is InChI=1S/C16H22NO/c1-12(2)18-15-14-9-7-6-8-13(14)10-11-17(15)16(3,4)5/h6-12H,1-5H3/q+1. The SMILES string of the molecule is CC(C)Oc1c2ccccc2cc[n+]1C(C)(C)C. The lowest BCUT2D eigenvalue weighted by Gasteiger charge is -2.19. The van der Waals surface area contributed by atoms with Crippen molar-refractivity contribution in [3.05, 3.63) is 36.5 Å². The molecular formula is C16H22NO+. The molecule has 1 heterocycles. The van der Waals surface area contributed by atoms with Gasteiger partial charge in [0.05, 0.1) is 11.5 Å². The summed E-state index contributed by atoms with van der Waals surface area (Å²) in [6.07, 6.45) is 2.28. The molecule has 0 amide bonds. The maximum Gasteiger partial charge on any atom is 0.376 e. The number of ether oxygens (including phenoxy) is 1. The Hall–Kier alpha value is -1.57. The first-order valence-corrected chi connectivity index (χ1v) is 6.50. The van der Waals surface area contributed by atoms with Gasteiger partial charge in [0.1, 0.15) is 0 Å². The molecule has 0 bridgehead atoms. The molecule has 0 radical (unpaired) electrons. The van der Waals surface area contributed by atoms with Crippen LogP contribution >= 0.6 is 0 Å². The van der Waals surface area contributed by atoms with Gasteiger partial charge in [-0.25, -0.2) is 0 Å². The van der Waals surface area contributed by atoms with Crippen LogP contribution in [-0.4, -0.2) is 6.10 Å². The van der Waals surface area contributed by atoms with Gasteiger partial charge in [0.15, 0.2) is 11.7 Å². The van der Waals surface area contributed by atoms with E-state index in [2.05, 4.69) is 75.7 Å². The van der Waals surface area contributed by atoms with E-state index in [0.29, 0.717) is 0 Å². The van der Waals surface area contributed by atoms with Gasteiger partial charge in [0.2, 0.25) is 0 Å². The van der Waals surface area contributed by atoms with E-state index in [0.717, 1.165) is 5.88 Å². The van der Waals surface area contributed by atoms with Crippen LogP contribution in [0.4, 0.5) is 0 Å². The minimum absolute atomic E-state index is 0.00819. The average molecular weight is 244 g/mol. The van der Waals surface area contributed by atoms with Crippen molar-refractivity contribution in [1.29, 1.82) is 0 Å². The molecule has 2 rings (SSSR count). The fraction of sp³-hybridized carbons (Fsp3) is 0.438. The molecule has 0 aliphatic rings. The first-order valence-electron chi connectivity index (χ1n) is 6.50. The van der Waals surface area contributed by atoms with E-state index >= 15 is 0 Å². The van der Waals surface area contributed by atoms with Crippen molar-refractivity contribution in [2.45, 2.75) is 46.3 Å². The fourth-order valence-electron chi connectivity index (χ4n) is 2.06. The molecule has 0 saturated heterocycles. The normalized spacial score (nSPS) is 12.1. The topological polar surface area (TPSA) is 13.1 Å². The second-order valence-corrected chi connectivity index (χ2v) is 5.92. The number of fused-ring (bicyclic) bond motifs is 1. The van der Waals surface area contributed by atoms with Crippen molar-refractivity contribution in [2.24, 2.45) is 0 Å². The summed E-state index contributed by atoms with van der Waals surface area (Å²) in [4.78, 5) is 0. The van der Waals surface area contributed by atoms with E-state index in [1.165, 1.54) is 10.8 Å². The number of hydrogen-bond donors (Lipinski definition) is 0. The van der Waals surface area contributed by atoms with Gasteiger partial charge in [0, 0.05) is 26.8 Å². The molecular weight excluding hydrogens is 222 g/mol. The zero-order valence-electron chi connectivity index (χ0n) is 11.9. The Bertz CT molecular complexity index is 553. The van der Waals surface area contributed by atoms with Crippen molar-refractivity contribution in [3.8, 4) is 5.88 Å². The summed E-state index contributed by atoms with van der Waals surface area (Å²) in [5.41, 5.74) is 0.00819. The van der Waals surface area contributed by atoms with Crippen LogP contribution < -0.4 is 9.30 Å². The molecule has 0 aliphatic heterocycles. The number of nitrogens with zero attached hydrogens (tertiary/aromatic N) is 1. The van der Waals surface area contributed by atoms with Crippen LogP contribution in [0.2, 0.25) is 0 Å². The van der Waals surface area contributed by atoms with Crippen LogP contribution in [0.3, 0.4) is 0 Å². The van der Waals surface area contributed by atoms with E-state index < -0.39 is 0 Å². The molecule has 1 aromatic carbocycles. The van der Waals surface area contributed by atoms with Crippen LogP contribution in [0.1, 0.15) is 34.6 Å². The summed E-state index contributed by atoms with van der Waals surface area (Å²) in [7, 11) is 0. The molecule has 96 valence electrons. The van der Waals surface area contributed by atoms with Gasteiger partial charge in [0.25, 0.3) is 0 Å². The third kappa shape index (κ3) is 2.47. The molecule has 18 heavy (non-hydrogen) atoms. The maximum absolute atomic E-state index is 6.05. The summed E-state index contributed by atoms with van der Waals surface area (Å²) >= 11 is 0. The maximum atomic E-state index is 6.05. The summed E-state index contributed by atoms with van der Waals surface area (Å²) in [6, 6.07) is 10.5. The molecule has 2 nitrogen and oxygen atoms in total. The number of aromatic nitrogens is 1. The molecule has 0 fully saturated rings. The lowest BCUT2D eigenvalue weighted by molar-refractivity contribution is -0.757. The monoisotopic (exact) mass is 244 g/mol. The zero-order chi connectivity index (χ0) is 13.3. The quantitative estimate of drug-likeness (QED) is 0.735. The lowest BCUT2D eigenvalue weighted by atomic mass is 10.1. The highest BCUT2D eigenvalue weighted by Crippen LogP contribution is 2.24. The van der Waals surface area contributed by atoms with Gasteiger partial charge in [-0.2, -0.15) is 4.57 Å². The van der Waals surface area contributed by atoms with Gasteiger partial charge < -0.3 is 4.74 Å². The third-order valence-electron chi connectivity index (χ3n) is 2.88. The number of hydrogen-bond acceptors (Lipinski definition) is 1. The highest BCUT2D eigenvalue weighted by molar-refractivity contribution is 5.85. The third-order valence-corrected chi connectivity index (χ3v) is 2.88. The smallest absolute Gasteiger partial charge is 0.376 e. The fourth-order valence-corrected chi connectivity index (χ4v) is 2.06. The van der Waals surface area contributed by atoms with Crippen LogP contribution in [-0.2, 0) is 5.54 Å². The van der Waals surface area contributed by atoms with E-state index in [4.69, 9.17) is 4.74 Å². The van der Waals surface area contributed by atoms with Crippen LogP contribution in [0.15, 0.2) is 36.5 Å². The lowest BCUT2D eigenvalue weighted by Crippen LogP contribution is -2.51. The average Bonchev–Trinajstić information content (AvgIpc) is 2.27.